The molecule has 4 aromatic rings. The van der Waals surface area contributed by atoms with E-state index >= 15 is 0 Å². The zero-order chi connectivity index (χ0) is 23.4. The molecule has 0 aliphatic rings. The van der Waals surface area contributed by atoms with Crippen LogP contribution in [0.25, 0.3) is 16.7 Å². The van der Waals surface area contributed by atoms with Crippen molar-refractivity contribution in [3.8, 4) is 5.82 Å². The molecule has 0 spiro atoms. The van der Waals surface area contributed by atoms with Crippen molar-refractivity contribution in [2.75, 3.05) is 6.61 Å². The second-order valence-corrected chi connectivity index (χ2v) is 7.33. The normalized spacial score (nSPS) is 10.9. The van der Waals surface area contributed by atoms with E-state index in [9.17, 15) is 9.59 Å². The average Bonchev–Trinajstić information content (AvgIpc) is 3.27. The van der Waals surface area contributed by atoms with E-state index in [4.69, 9.17) is 9.47 Å². The predicted octanol–water partition coefficient (Wildman–Crippen LogP) is 4.22. The number of aryl methyl sites for hydroxylation is 1. The third-order valence-corrected chi connectivity index (χ3v) is 5.34. The van der Waals surface area contributed by atoms with E-state index in [0.29, 0.717) is 40.3 Å². The van der Waals surface area contributed by atoms with Gasteiger partial charge < -0.3 is 9.47 Å². The van der Waals surface area contributed by atoms with Gasteiger partial charge in [-0.15, -0.1) is 0 Å². The molecular weight excluding hydrogens is 420 g/mol. The number of rotatable bonds is 7. The summed E-state index contributed by atoms with van der Waals surface area (Å²) in [6.07, 6.45) is 3.70. The number of carbonyl (C=O) groups is 2. The van der Waals surface area contributed by atoms with Crippen LogP contribution in [0.3, 0.4) is 0 Å². The lowest BCUT2D eigenvalue weighted by Gasteiger charge is -2.14. The van der Waals surface area contributed by atoms with Crippen molar-refractivity contribution in [2.45, 2.75) is 33.8 Å². The van der Waals surface area contributed by atoms with Crippen molar-refractivity contribution in [1.82, 2.24) is 19.7 Å². The van der Waals surface area contributed by atoms with Gasteiger partial charge in [0.25, 0.3) is 0 Å². The molecule has 0 radical (unpaired) electrons. The molecular formula is C25H24N4O4. The Morgan fingerprint density at radius 3 is 2.52 bits per heavy atom. The molecule has 0 bridgehead atoms. The lowest BCUT2D eigenvalue weighted by molar-refractivity contribution is 0.0443. The van der Waals surface area contributed by atoms with E-state index in [1.807, 2.05) is 56.3 Å². The molecule has 0 amide bonds. The van der Waals surface area contributed by atoms with Crippen LogP contribution in [0, 0.1) is 6.92 Å². The number of fused-ring (bicyclic) bond motifs is 1. The number of hydrogen-bond acceptors (Lipinski definition) is 7. The number of carbonyl (C=O) groups excluding carboxylic acids is 2. The standard InChI is InChI=1S/C25H24N4O4/c1-4-21-18(14-27-29(21)22-12-8-9-13-26-22)24(30)33-15-20-23(25(31)32-5-2)16(3)17-10-6-7-11-19(17)28-20/h6-14H,4-5,15H2,1-3H3. The van der Waals surface area contributed by atoms with Gasteiger partial charge in [-0.3, -0.25) is 0 Å². The zero-order valence-corrected chi connectivity index (χ0v) is 18.7. The fourth-order valence-corrected chi connectivity index (χ4v) is 3.79. The van der Waals surface area contributed by atoms with Gasteiger partial charge in [-0.1, -0.05) is 31.2 Å². The molecule has 3 heterocycles. The molecule has 0 N–H and O–H groups in total. The predicted molar refractivity (Wildman–Crippen MR) is 122 cm³/mol. The van der Waals surface area contributed by atoms with Gasteiger partial charge in [0.15, 0.2) is 5.82 Å². The summed E-state index contributed by atoms with van der Waals surface area (Å²) in [5.41, 5.74) is 3.16. The number of ether oxygens (including phenoxy) is 2. The largest absolute Gasteiger partial charge is 0.462 e. The summed E-state index contributed by atoms with van der Waals surface area (Å²) in [7, 11) is 0. The van der Waals surface area contributed by atoms with Gasteiger partial charge in [-0.05, 0) is 44.0 Å². The lowest BCUT2D eigenvalue weighted by atomic mass is 10.0. The SMILES string of the molecule is CCOC(=O)c1c(COC(=O)c2cnn(-c3ccccn3)c2CC)nc2ccccc2c1C. The topological polar surface area (TPSA) is 96.2 Å². The minimum atomic E-state index is -0.545. The first kappa shape index (κ1) is 22.1. The molecule has 4 rings (SSSR count). The average molecular weight is 444 g/mol. The van der Waals surface area contributed by atoms with Crippen molar-refractivity contribution in [3.63, 3.8) is 0 Å². The Morgan fingerprint density at radius 2 is 1.79 bits per heavy atom. The molecule has 1 aromatic carbocycles. The molecule has 8 heteroatoms. The van der Waals surface area contributed by atoms with E-state index < -0.39 is 11.9 Å². The Labute approximate surface area is 191 Å². The number of para-hydroxylation sites is 1. The molecule has 168 valence electrons. The number of nitrogens with zero attached hydrogens (tertiary/aromatic N) is 4. The van der Waals surface area contributed by atoms with Crippen LogP contribution in [0.5, 0.6) is 0 Å². The van der Waals surface area contributed by atoms with Gasteiger partial charge in [0.2, 0.25) is 0 Å². The third-order valence-electron chi connectivity index (χ3n) is 5.34. The van der Waals surface area contributed by atoms with E-state index in [-0.39, 0.29) is 13.2 Å². The Balaban J connectivity index is 1.65. The zero-order valence-electron chi connectivity index (χ0n) is 18.7. The molecule has 0 aliphatic heterocycles. The van der Waals surface area contributed by atoms with Gasteiger partial charge in [0, 0.05) is 11.6 Å². The maximum absolute atomic E-state index is 13.0. The quantitative estimate of drug-likeness (QED) is 0.394. The maximum Gasteiger partial charge on any atom is 0.342 e. The van der Waals surface area contributed by atoms with Crippen molar-refractivity contribution >= 4 is 22.8 Å². The van der Waals surface area contributed by atoms with Crippen LogP contribution in [0.1, 0.15) is 51.5 Å². The first-order valence-electron chi connectivity index (χ1n) is 10.8. The highest BCUT2D eigenvalue weighted by Crippen LogP contribution is 2.25. The highest BCUT2D eigenvalue weighted by molar-refractivity contribution is 5.98. The molecule has 8 nitrogen and oxygen atoms in total. The fourth-order valence-electron chi connectivity index (χ4n) is 3.79. The van der Waals surface area contributed by atoms with Gasteiger partial charge in [-0.25, -0.2) is 24.2 Å². The van der Waals surface area contributed by atoms with Crippen LogP contribution in [0.4, 0.5) is 0 Å². The van der Waals surface area contributed by atoms with Gasteiger partial charge >= 0.3 is 11.9 Å². The molecule has 0 atom stereocenters. The van der Waals surface area contributed by atoms with Crippen molar-refractivity contribution < 1.29 is 19.1 Å². The monoisotopic (exact) mass is 444 g/mol. The fraction of sp³-hybridized carbons (Fsp3) is 0.240. The first-order valence-corrected chi connectivity index (χ1v) is 10.8. The smallest absolute Gasteiger partial charge is 0.342 e. The Morgan fingerprint density at radius 1 is 1.00 bits per heavy atom. The van der Waals surface area contributed by atoms with Crippen molar-refractivity contribution in [3.05, 3.63) is 82.9 Å². The highest BCUT2D eigenvalue weighted by atomic mass is 16.5. The van der Waals surface area contributed by atoms with E-state index in [2.05, 4.69) is 15.1 Å². The Hall–Kier alpha value is -4.07. The Kier molecular flexibility index (Phi) is 6.44. The lowest BCUT2D eigenvalue weighted by Crippen LogP contribution is -2.15. The summed E-state index contributed by atoms with van der Waals surface area (Å²) in [6, 6.07) is 13.0. The number of aromatic nitrogens is 4. The third kappa shape index (κ3) is 4.32. The van der Waals surface area contributed by atoms with Crippen LogP contribution in [0.2, 0.25) is 0 Å². The van der Waals surface area contributed by atoms with E-state index in [1.54, 1.807) is 17.8 Å². The minimum Gasteiger partial charge on any atom is -0.462 e. The molecule has 0 saturated carbocycles. The summed E-state index contributed by atoms with van der Waals surface area (Å²) in [5, 5.41) is 5.17. The summed E-state index contributed by atoms with van der Waals surface area (Å²) < 4.78 is 12.5. The minimum absolute atomic E-state index is 0.170. The van der Waals surface area contributed by atoms with Crippen molar-refractivity contribution in [2.24, 2.45) is 0 Å². The van der Waals surface area contributed by atoms with Crippen LogP contribution in [-0.4, -0.2) is 38.3 Å². The number of hydrogen-bond donors (Lipinski definition) is 0. The van der Waals surface area contributed by atoms with Crippen LogP contribution >= 0.6 is 0 Å². The Bertz CT molecular complexity index is 1310. The van der Waals surface area contributed by atoms with Crippen LogP contribution in [0.15, 0.2) is 54.9 Å². The highest BCUT2D eigenvalue weighted by Gasteiger charge is 2.23. The molecule has 0 unspecified atom stereocenters. The van der Waals surface area contributed by atoms with Gasteiger partial charge in [0.1, 0.15) is 12.2 Å². The summed E-state index contributed by atoms with van der Waals surface area (Å²) >= 11 is 0. The van der Waals surface area contributed by atoms with Gasteiger partial charge in [0.05, 0.1) is 35.3 Å². The van der Waals surface area contributed by atoms with E-state index in [1.165, 1.54) is 6.20 Å². The number of benzene rings is 1. The molecule has 3 aromatic heterocycles. The number of esters is 2. The molecule has 0 aliphatic carbocycles. The molecule has 0 saturated heterocycles. The van der Waals surface area contributed by atoms with Gasteiger partial charge in [-0.2, -0.15) is 5.10 Å². The maximum atomic E-state index is 13.0. The van der Waals surface area contributed by atoms with E-state index in [0.717, 1.165) is 10.9 Å². The second-order valence-electron chi connectivity index (χ2n) is 7.33. The second kappa shape index (κ2) is 9.60. The first-order chi connectivity index (χ1) is 16.0. The summed E-state index contributed by atoms with van der Waals surface area (Å²) in [6.45, 7) is 5.58. The summed E-state index contributed by atoms with van der Waals surface area (Å²) in [4.78, 5) is 34.5. The van der Waals surface area contributed by atoms with Crippen molar-refractivity contribution in [1.29, 1.82) is 0 Å². The van der Waals surface area contributed by atoms with Crippen LogP contribution < -0.4 is 0 Å². The van der Waals surface area contributed by atoms with Crippen LogP contribution in [-0.2, 0) is 22.5 Å². The summed E-state index contributed by atoms with van der Waals surface area (Å²) in [5.74, 6) is -0.419. The molecule has 33 heavy (non-hydrogen) atoms. The number of pyridine rings is 2. The molecule has 0 fully saturated rings.